The van der Waals surface area contributed by atoms with Crippen molar-refractivity contribution in [1.29, 1.82) is 0 Å². The van der Waals surface area contributed by atoms with Crippen LogP contribution in [0.3, 0.4) is 0 Å². The van der Waals surface area contributed by atoms with Gasteiger partial charge in [0.15, 0.2) is 0 Å². The fourth-order valence-electron chi connectivity index (χ4n) is 3.11. The van der Waals surface area contributed by atoms with E-state index in [4.69, 9.17) is 11.6 Å². The van der Waals surface area contributed by atoms with Crippen molar-refractivity contribution in [1.82, 2.24) is 0 Å². The number of benzene rings is 1. The Bertz CT molecular complexity index is 362. The number of halogens is 1. The molecule has 0 unspecified atom stereocenters. The molecule has 16 heavy (non-hydrogen) atoms. The normalized spacial score (nSPS) is 19.7. The minimum atomic E-state index is 0.261. The van der Waals surface area contributed by atoms with Gasteiger partial charge in [0.1, 0.15) is 0 Å². The molecular formula is C15H21Cl. The maximum Gasteiger partial charge on any atom is 0.0320 e. The topological polar surface area (TPSA) is 0 Å². The number of aryl methyl sites for hydroxylation is 2. The van der Waals surface area contributed by atoms with Crippen LogP contribution < -0.4 is 0 Å². The van der Waals surface area contributed by atoms with Crippen LogP contribution in [0.2, 0.25) is 0 Å². The molecule has 0 N–H and O–H groups in total. The Labute approximate surface area is 104 Å². The van der Waals surface area contributed by atoms with Crippen molar-refractivity contribution in [3.63, 3.8) is 0 Å². The summed E-state index contributed by atoms with van der Waals surface area (Å²) in [4.78, 5) is 0. The lowest BCUT2D eigenvalue weighted by Gasteiger charge is -2.37. The molecule has 1 aromatic carbocycles. The fraction of sp³-hybridized carbons (Fsp3) is 0.600. The van der Waals surface area contributed by atoms with Gasteiger partial charge in [-0.05, 0) is 37.8 Å². The zero-order valence-corrected chi connectivity index (χ0v) is 11.1. The number of hydrogen-bond acceptors (Lipinski definition) is 0. The van der Waals surface area contributed by atoms with Crippen molar-refractivity contribution in [2.24, 2.45) is 0 Å². The molecule has 0 bridgehead atoms. The van der Waals surface area contributed by atoms with Crippen LogP contribution in [0.15, 0.2) is 18.2 Å². The molecule has 1 fully saturated rings. The third-order valence-corrected chi connectivity index (χ3v) is 4.53. The highest BCUT2D eigenvalue weighted by molar-refractivity contribution is 6.18. The summed E-state index contributed by atoms with van der Waals surface area (Å²) in [6.45, 7) is 4.39. The molecule has 1 heteroatoms. The lowest BCUT2D eigenvalue weighted by Crippen LogP contribution is -2.31. The van der Waals surface area contributed by atoms with Gasteiger partial charge in [-0.2, -0.15) is 0 Å². The highest BCUT2D eigenvalue weighted by Crippen LogP contribution is 2.41. The highest BCUT2D eigenvalue weighted by Gasteiger charge is 2.33. The largest absolute Gasteiger partial charge is 0.126 e. The van der Waals surface area contributed by atoms with E-state index in [1.807, 2.05) is 0 Å². The van der Waals surface area contributed by atoms with Crippen LogP contribution in [-0.2, 0) is 5.41 Å². The summed E-state index contributed by atoms with van der Waals surface area (Å²) in [6.07, 6.45) is 6.57. The summed E-state index contributed by atoms with van der Waals surface area (Å²) in [7, 11) is 0. The Morgan fingerprint density at radius 1 is 1.12 bits per heavy atom. The lowest BCUT2D eigenvalue weighted by atomic mass is 9.69. The van der Waals surface area contributed by atoms with E-state index in [0.717, 1.165) is 5.88 Å². The van der Waals surface area contributed by atoms with Crippen LogP contribution >= 0.6 is 11.6 Å². The first-order chi connectivity index (χ1) is 7.68. The van der Waals surface area contributed by atoms with E-state index in [2.05, 4.69) is 32.0 Å². The molecule has 1 saturated carbocycles. The molecule has 0 radical (unpaired) electrons. The van der Waals surface area contributed by atoms with Gasteiger partial charge in [0.2, 0.25) is 0 Å². The summed E-state index contributed by atoms with van der Waals surface area (Å²) in [5.74, 6) is 0.775. The monoisotopic (exact) mass is 236 g/mol. The van der Waals surface area contributed by atoms with Crippen molar-refractivity contribution in [3.05, 3.63) is 34.9 Å². The summed E-state index contributed by atoms with van der Waals surface area (Å²) in [5.41, 5.74) is 4.52. The van der Waals surface area contributed by atoms with Gasteiger partial charge in [-0.3, -0.25) is 0 Å². The summed E-state index contributed by atoms with van der Waals surface area (Å²) in [6, 6.07) is 6.82. The van der Waals surface area contributed by atoms with Crippen molar-refractivity contribution >= 4 is 11.6 Å². The molecule has 88 valence electrons. The average molecular weight is 237 g/mol. The second-order valence-corrected chi connectivity index (χ2v) is 5.56. The van der Waals surface area contributed by atoms with E-state index in [1.165, 1.54) is 48.8 Å². The zero-order valence-electron chi connectivity index (χ0n) is 10.4. The maximum absolute atomic E-state index is 6.28. The molecule has 0 heterocycles. The molecular weight excluding hydrogens is 216 g/mol. The Kier molecular flexibility index (Phi) is 3.59. The second-order valence-electron chi connectivity index (χ2n) is 5.29. The first-order valence-electron chi connectivity index (χ1n) is 6.32. The SMILES string of the molecule is Cc1ccc(C2(CCl)CCCCC2)c(C)c1. The minimum absolute atomic E-state index is 0.261. The van der Waals surface area contributed by atoms with Crippen molar-refractivity contribution in [2.75, 3.05) is 5.88 Å². The van der Waals surface area contributed by atoms with E-state index < -0.39 is 0 Å². The van der Waals surface area contributed by atoms with E-state index >= 15 is 0 Å². The van der Waals surface area contributed by atoms with Crippen LogP contribution in [0.25, 0.3) is 0 Å². The molecule has 0 saturated heterocycles. The molecule has 0 nitrogen and oxygen atoms in total. The molecule has 0 atom stereocenters. The average Bonchev–Trinajstić information content (AvgIpc) is 2.30. The number of hydrogen-bond donors (Lipinski definition) is 0. The van der Waals surface area contributed by atoms with Gasteiger partial charge in [-0.15, -0.1) is 11.6 Å². The van der Waals surface area contributed by atoms with Gasteiger partial charge in [0, 0.05) is 11.3 Å². The van der Waals surface area contributed by atoms with Crippen LogP contribution in [0.5, 0.6) is 0 Å². The molecule has 1 aromatic rings. The molecule has 2 rings (SSSR count). The Morgan fingerprint density at radius 3 is 2.38 bits per heavy atom. The van der Waals surface area contributed by atoms with Gasteiger partial charge in [0.05, 0.1) is 0 Å². The van der Waals surface area contributed by atoms with Gasteiger partial charge >= 0.3 is 0 Å². The van der Waals surface area contributed by atoms with Crippen molar-refractivity contribution < 1.29 is 0 Å². The Morgan fingerprint density at radius 2 is 1.81 bits per heavy atom. The summed E-state index contributed by atoms with van der Waals surface area (Å²) >= 11 is 6.28. The van der Waals surface area contributed by atoms with Gasteiger partial charge in [-0.1, -0.05) is 43.0 Å². The quantitative estimate of drug-likeness (QED) is 0.651. The van der Waals surface area contributed by atoms with Gasteiger partial charge < -0.3 is 0 Å². The lowest BCUT2D eigenvalue weighted by molar-refractivity contribution is 0.322. The smallest absolute Gasteiger partial charge is 0.0320 e. The first kappa shape index (κ1) is 12.0. The molecule has 0 spiro atoms. The van der Waals surface area contributed by atoms with Crippen LogP contribution in [0.4, 0.5) is 0 Å². The van der Waals surface area contributed by atoms with E-state index in [1.54, 1.807) is 0 Å². The number of rotatable bonds is 2. The minimum Gasteiger partial charge on any atom is -0.126 e. The fourth-order valence-corrected chi connectivity index (χ4v) is 3.52. The highest BCUT2D eigenvalue weighted by atomic mass is 35.5. The molecule has 1 aliphatic rings. The number of alkyl halides is 1. The van der Waals surface area contributed by atoms with Gasteiger partial charge in [-0.25, -0.2) is 0 Å². The van der Waals surface area contributed by atoms with Gasteiger partial charge in [0.25, 0.3) is 0 Å². The van der Waals surface area contributed by atoms with E-state index in [9.17, 15) is 0 Å². The van der Waals surface area contributed by atoms with E-state index in [-0.39, 0.29) is 5.41 Å². The Balaban J connectivity index is 2.39. The van der Waals surface area contributed by atoms with Crippen LogP contribution in [-0.4, -0.2) is 5.88 Å². The zero-order chi connectivity index (χ0) is 11.6. The molecule has 0 aromatic heterocycles. The predicted octanol–water partition coefficient (Wildman–Crippen LogP) is 4.74. The molecule has 0 amide bonds. The van der Waals surface area contributed by atoms with Crippen molar-refractivity contribution in [3.8, 4) is 0 Å². The predicted molar refractivity (Wildman–Crippen MR) is 71.4 cm³/mol. The molecule has 1 aliphatic carbocycles. The third kappa shape index (κ3) is 2.13. The second kappa shape index (κ2) is 4.79. The van der Waals surface area contributed by atoms with Crippen molar-refractivity contribution in [2.45, 2.75) is 51.4 Å². The van der Waals surface area contributed by atoms with Crippen LogP contribution in [0.1, 0.15) is 48.8 Å². The Hall–Kier alpha value is -0.490. The van der Waals surface area contributed by atoms with E-state index in [0.29, 0.717) is 0 Å². The summed E-state index contributed by atoms with van der Waals surface area (Å²) < 4.78 is 0. The standard InChI is InChI=1S/C15H21Cl/c1-12-6-7-14(13(2)10-12)15(11-16)8-4-3-5-9-15/h6-7,10H,3-5,8-9,11H2,1-2H3. The molecule has 0 aliphatic heterocycles. The van der Waals surface area contributed by atoms with Crippen LogP contribution in [0, 0.1) is 13.8 Å². The first-order valence-corrected chi connectivity index (χ1v) is 6.85. The maximum atomic E-state index is 6.28. The third-order valence-electron chi connectivity index (χ3n) is 4.02. The summed E-state index contributed by atoms with van der Waals surface area (Å²) in [5, 5.41) is 0.